The molecule has 1 aromatic carbocycles. The van der Waals surface area contributed by atoms with E-state index in [9.17, 15) is 18.0 Å². The van der Waals surface area contributed by atoms with Crippen molar-refractivity contribution in [2.45, 2.75) is 38.0 Å². The van der Waals surface area contributed by atoms with E-state index in [0.29, 0.717) is 26.2 Å². The van der Waals surface area contributed by atoms with Crippen LogP contribution in [0.3, 0.4) is 0 Å². The van der Waals surface area contributed by atoms with Crippen molar-refractivity contribution >= 4 is 33.4 Å². The van der Waals surface area contributed by atoms with Crippen molar-refractivity contribution in [3.63, 3.8) is 0 Å². The fourth-order valence-electron chi connectivity index (χ4n) is 3.25. The molecule has 1 aliphatic rings. The molecule has 0 unspecified atom stereocenters. The second-order valence-electron chi connectivity index (χ2n) is 6.84. The molecular formula is C19H28ClN3O4S. The van der Waals surface area contributed by atoms with Crippen molar-refractivity contribution in [2.75, 3.05) is 39.8 Å². The Morgan fingerprint density at radius 2 is 1.71 bits per heavy atom. The van der Waals surface area contributed by atoms with E-state index < -0.39 is 15.9 Å². The molecule has 1 fully saturated rings. The maximum absolute atomic E-state index is 13.0. The van der Waals surface area contributed by atoms with Crippen molar-refractivity contribution in [2.24, 2.45) is 0 Å². The van der Waals surface area contributed by atoms with Gasteiger partial charge in [0.2, 0.25) is 15.9 Å². The first-order valence-electron chi connectivity index (χ1n) is 9.55. The number of hydrogen-bond donors (Lipinski definition) is 0. The van der Waals surface area contributed by atoms with Gasteiger partial charge in [-0.3, -0.25) is 9.59 Å². The number of carbonyl (C=O) groups excluding carboxylic acids is 2. The summed E-state index contributed by atoms with van der Waals surface area (Å²) in [5.74, 6) is -0.580. The van der Waals surface area contributed by atoms with Gasteiger partial charge in [-0.15, -0.1) is 0 Å². The van der Waals surface area contributed by atoms with E-state index in [1.54, 1.807) is 4.90 Å². The fourth-order valence-corrected chi connectivity index (χ4v) is 5.27. The van der Waals surface area contributed by atoms with E-state index in [2.05, 4.69) is 0 Å². The second-order valence-corrected chi connectivity index (χ2v) is 9.15. The zero-order valence-electron chi connectivity index (χ0n) is 16.6. The summed E-state index contributed by atoms with van der Waals surface area (Å²) in [7, 11) is -2.24. The topological polar surface area (TPSA) is 78.0 Å². The smallest absolute Gasteiger partial charge is 0.254 e. The predicted molar refractivity (Wildman–Crippen MR) is 109 cm³/mol. The maximum atomic E-state index is 13.0. The predicted octanol–water partition coefficient (Wildman–Crippen LogP) is 2.46. The summed E-state index contributed by atoms with van der Waals surface area (Å²) in [6.07, 6.45) is 2.63. The van der Waals surface area contributed by atoms with Crippen LogP contribution in [0, 0.1) is 0 Å². The number of halogens is 1. The summed E-state index contributed by atoms with van der Waals surface area (Å²) in [6, 6.07) is 4.22. The average Bonchev–Trinajstić information content (AvgIpc) is 2.69. The van der Waals surface area contributed by atoms with Gasteiger partial charge in [0.15, 0.2) is 0 Å². The minimum absolute atomic E-state index is 0.0645. The van der Waals surface area contributed by atoms with Crippen LogP contribution in [0.2, 0.25) is 5.02 Å². The number of piperidine rings is 1. The SMILES string of the molecule is CCN(CC)C(=O)CN(C)C(=O)c1ccc(Cl)c(S(=O)(=O)N2CCCCC2)c1. The van der Waals surface area contributed by atoms with E-state index in [4.69, 9.17) is 11.6 Å². The van der Waals surface area contributed by atoms with Gasteiger partial charge in [0.1, 0.15) is 4.90 Å². The van der Waals surface area contributed by atoms with E-state index in [-0.39, 0.29) is 27.9 Å². The molecule has 0 spiro atoms. The summed E-state index contributed by atoms with van der Waals surface area (Å²) >= 11 is 6.16. The molecule has 0 radical (unpaired) electrons. The van der Waals surface area contributed by atoms with E-state index in [1.165, 1.54) is 34.5 Å². The standard InChI is InChI=1S/C19H28ClN3O4S/c1-4-22(5-2)18(24)14-21(3)19(25)15-9-10-16(20)17(13-15)28(26,27)23-11-7-6-8-12-23/h9-10,13H,4-8,11-12,14H2,1-3H3. The number of hydrogen-bond acceptors (Lipinski definition) is 4. The lowest BCUT2D eigenvalue weighted by Crippen LogP contribution is -2.41. The summed E-state index contributed by atoms with van der Waals surface area (Å²) in [5, 5.41) is 0.0870. The van der Waals surface area contributed by atoms with Gasteiger partial charge in [-0.05, 0) is 44.9 Å². The Kier molecular flexibility index (Phi) is 7.86. The van der Waals surface area contributed by atoms with Crippen LogP contribution in [0.1, 0.15) is 43.5 Å². The Balaban J connectivity index is 2.24. The third kappa shape index (κ3) is 5.04. The Bertz CT molecular complexity index is 818. The molecule has 1 saturated heterocycles. The van der Waals surface area contributed by atoms with Crippen LogP contribution in [0.15, 0.2) is 23.1 Å². The highest BCUT2D eigenvalue weighted by Gasteiger charge is 2.29. The lowest BCUT2D eigenvalue weighted by molar-refractivity contribution is -0.131. The first-order chi connectivity index (χ1) is 13.2. The van der Waals surface area contributed by atoms with Crippen molar-refractivity contribution in [3.8, 4) is 0 Å². The number of likely N-dealkylation sites (N-methyl/N-ethyl adjacent to an activating group) is 2. The zero-order valence-corrected chi connectivity index (χ0v) is 18.2. The Labute approximate surface area is 172 Å². The highest BCUT2D eigenvalue weighted by molar-refractivity contribution is 7.89. The van der Waals surface area contributed by atoms with Crippen LogP contribution < -0.4 is 0 Å². The van der Waals surface area contributed by atoms with Crippen LogP contribution in [-0.4, -0.2) is 74.1 Å². The third-order valence-corrected chi connectivity index (χ3v) is 7.33. The van der Waals surface area contributed by atoms with Gasteiger partial charge in [0, 0.05) is 38.8 Å². The van der Waals surface area contributed by atoms with Crippen LogP contribution in [0.5, 0.6) is 0 Å². The van der Waals surface area contributed by atoms with Crippen molar-refractivity contribution < 1.29 is 18.0 Å². The number of amides is 2. The highest BCUT2D eigenvalue weighted by Crippen LogP contribution is 2.28. The first-order valence-corrected chi connectivity index (χ1v) is 11.4. The van der Waals surface area contributed by atoms with Crippen molar-refractivity contribution in [1.82, 2.24) is 14.1 Å². The van der Waals surface area contributed by atoms with E-state index >= 15 is 0 Å². The lowest BCUT2D eigenvalue weighted by atomic mass is 10.2. The molecule has 1 aromatic rings. The first kappa shape index (κ1) is 22.6. The molecule has 0 N–H and O–H groups in total. The van der Waals surface area contributed by atoms with Crippen molar-refractivity contribution in [3.05, 3.63) is 28.8 Å². The maximum Gasteiger partial charge on any atom is 0.254 e. The normalized spacial score (nSPS) is 15.3. The van der Waals surface area contributed by atoms with Gasteiger partial charge in [-0.1, -0.05) is 18.0 Å². The van der Waals surface area contributed by atoms with Crippen LogP contribution >= 0.6 is 11.6 Å². The molecule has 1 aliphatic heterocycles. The number of nitrogens with zero attached hydrogens (tertiary/aromatic N) is 3. The van der Waals surface area contributed by atoms with Gasteiger partial charge in [-0.2, -0.15) is 4.31 Å². The molecule has 2 rings (SSSR count). The van der Waals surface area contributed by atoms with Crippen LogP contribution in [0.25, 0.3) is 0 Å². The van der Waals surface area contributed by atoms with Gasteiger partial charge in [0.05, 0.1) is 11.6 Å². The molecule has 0 bridgehead atoms. The molecule has 156 valence electrons. The quantitative estimate of drug-likeness (QED) is 0.667. The summed E-state index contributed by atoms with van der Waals surface area (Å²) in [5.41, 5.74) is 0.190. The number of carbonyl (C=O) groups is 2. The fraction of sp³-hybridized carbons (Fsp3) is 0.579. The molecule has 1 heterocycles. The Hall–Kier alpha value is -1.64. The lowest BCUT2D eigenvalue weighted by Gasteiger charge is -2.26. The van der Waals surface area contributed by atoms with Gasteiger partial charge in [0.25, 0.3) is 5.91 Å². The van der Waals surface area contributed by atoms with Gasteiger partial charge >= 0.3 is 0 Å². The van der Waals surface area contributed by atoms with Crippen molar-refractivity contribution in [1.29, 1.82) is 0 Å². The monoisotopic (exact) mass is 429 g/mol. The third-order valence-electron chi connectivity index (χ3n) is 4.95. The Morgan fingerprint density at radius 3 is 2.29 bits per heavy atom. The molecule has 9 heteroatoms. The molecular weight excluding hydrogens is 402 g/mol. The van der Waals surface area contributed by atoms with Gasteiger partial charge in [-0.25, -0.2) is 8.42 Å². The van der Waals surface area contributed by atoms with Gasteiger partial charge < -0.3 is 9.80 Å². The van der Waals surface area contributed by atoms with Crippen LogP contribution in [-0.2, 0) is 14.8 Å². The largest absolute Gasteiger partial charge is 0.342 e. The van der Waals surface area contributed by atoms with E-state index in [1.807, 2.05) is 13.8 Å². The number of benzene rings is 1. The second kappa shape index (κ2) is 9.71. The minimum atomic E-state index is -3.76. The average molecular weight is 430 g/mol. The summed E-state index contributed by atoms with van der Waals surface area (Å²) in [4.78, 5) is 27.9. The molecule has 0 saturated carbocycles. The number of sulfonamides is 1. The molecule has 7 nitrogen and oxygen atoms in total. The summed E-state index contributed by atoms with van der Waals surface area (Å²) < 4.78 is 27.3. The highest BCUT2D eigenvalue weighted by atomic mass is 35.5. The van der Waals surface area contributed by atoms with E-state index in [0.717, 1.165) is 19.3 Å². The zero-order chi connectivity index (χ0) is 20.9. The minimum Gasteiger partial charge on any atom is -0.342 e. The molecule has 0 aliphatic carbocycles. The number of rotatable bonds is 7. The van der Waals surface area contributed by atoms with Crippen LogP contribution in [0.4, 0.5) is 0 Å². The molecule has 0 atom stereocenters. The molecule has 28 heavy (non-hydrogen) atoms. The summed E-state index contributed by atoms with van der Waals surface area (Å²) in [6.45, 7) is 5.72. The molecule has 0 aromatic heterocycles. The Morgan fingerprint density at radius 1 is 1.11 bits per heavy atom. The molecule has 2 amide bonds.